The van der Waals surface area contributed by atoms with Crippen LogP contribution in [-0.2, 0) is 6.42 Å². The molecule has 0 bridgehead atoms. The summed E-state index contributed by atoms with van der Waals surface area (Å²) >= 11 is 4.66. The van der Waals surface area contributed by atoms with Crippen molar-refractivity contribution in [2.75, 3.05) is 0 Å². The second-order valence-corrected chi connectivity index (χ2v) is 2.22. The van der Waals surface area contributed by atoms with Crippen LogP contribution in [-0.4, -0.2) is 15.3 Å². The molecule has 0 aliphatic rings. The number of nitrogens with zero attached hydrogens (tertiary/aromatic N) is 1. The Balaban J connectivity index is 2.72. The fraction of sp³-hybridized carbons (Fsp3) is 0.333. The number of aryl methyl sites for hydroxylation is 1. The van der Waals surface area contributed by atoms with E-state index in [0.717, 1.165) is 17.9 Å². The number of aromatic amines is 1. The highest BCUT2D eigenvalue weighted by atomic mass is 32.1. The van der Waals surface area contributed by atoms with Gasteiger partial charge < -0.3 is 4.98 Å². The van der Waals surface area contributed by atoms with Gasteiger partial charge in [-0.1, -0.05) is 12.2 Å². The molecule has 3 heteroatoms. The molecule has 1 aromatic rings. The number of rotatable bonds is 2. The molecule has 0 amide bonds. The monoisotopic (exact) mass is 140 g/mol. The van der Waals surface area contributed by atoms with Crippen molar-refractivity contribution in [3.63, 3.8) is 0 Å². The third-order valence-electron chi connectivity index (χ3n) is 1.03. The summed E-state index contributed by atoms with van der Waals surface area (Å²) in [5.41, 5.74) is 1.09. The van der Waals surface area contributed by atoms with Crippen LogP contribution in [0.4, 0.5) is 0 Å². The smallest absolute Gasteiger partial charge is 0.110 e. The Hall–Kier alpha value is -0.700. The minimum absolute atomic E-state index is 0.753. The van der Waals surface area contributed by atoms with Crippen LogP contribution in [0, 0.1) is 6.92 Å². The number of nitrogens with one attached hydrogen (secondary N) is 1. The molecule has 0 radical (unpaired) electrons. The van der Waals surface area contributed by atoms with E-state index in [2.05, 4.69) is 22.2 Å². The van der Waals surface area contributed by atoms with Crippen molar-refractivity contribution >= 4 is 17.6 Å². The first-order valence-corrected chi connectivity index (χ1v) is 3.24. The van der Waals surface area contributed by atoms with Crippen molar-refractivity contribution in [3.8, 4) is 0 Å². The van der Waals surface area contributed by atoms with Crippen LogP contribution < -0.4 is 0 Å². The molecule has 0 spiro atoms. The van der Waals surface area contributed by atoms with Crippen molar-refractivity contribution in [1.29, 1.82) is 0 Å². The van der Waals surface area contributed by atoms with Crippen LogP contribution >= 0.6 is 12.2 Å². The Morgan fingerprint density at radius 2 is 2.67 bits per heavy atom. The maximum Gasteiger partial charge on any atom is 0.110 e. The van der Waals surface area contributed by atoms with Crippen LogP contribution in [0.15, 0.2) is 6.20 Å². The molecule has 2 nitrogen and oxygen atoms in total. The molecule has 0 saturated heterocycles. The van der Waals surface area contributed by atoms with E-state index in [1.807, 2.05) is 6.92 Å². The van der Waals surface area contributed by atoms with E-state index in [1.165, 1.54) is 0 Å². The molecule has 1 N–H and O–H groups in total. The molecule has 0 aliphatic carbocycles. The van der Waals surface area contributed by atoms with Crippen molar-refractivity contribution in [2.45, 2.75) is 13.3 Å². The molecule has 1 rings (SSSR count). The summed E-state index contributed by atoms with van der Waals surface area (Å²) < 4.78 is 0. The van der Waals surface area contributed by atoms with E-state index < -0.39 is 0 Å². The molecule has 0 fully saturated rings. The maximum atomic E-state index is 4.66. The molecule has 9 heavy (non-hydrogen) atoms. The van der Waals surface area contributed by atoms with Gasteiger partial charge in [0.15, 0.2) is 0 Å². The maximum absolute atomic E-state index is 4.66. The normalized spacial score (nSPS) is 9.44. The zero-order chi connectivity index (χ0) is 6.69. The summed E-state index contributed by atoms with van der Waals surface area (Å²) in [7, 11) is 0. The van der Waals surface area contributed by atoms with Gasteiger partial charge in [-0.2, -0.15) is 0 Å². The van der Waals surface area contributed by atoms with E-state index in [0.29, 0.717) is 0 Å². The fourth-order valence-corrected chi connectivity index (χ4v) is 0.807. The lowest BCUT2D eigenvalue weighted by atomic mass is 10.5. The van der Waals surface area contributed by atoms with Gasteiger partial charge in [0, 0.05) is 18.3 Å². The highest BCUT2D eigenvalue weighted by Gasteiger charge is 1.91. The number of hydrogen-bond acceptors (Lipinski definition) is 2. The van der Waals surface area contributed by atoms with Crippen LogP contribution in [0.2, 0.25) is 0 Å². The van der Waals surface area contributed by atoms with Crippen LogP contribution in [0.1, 0.15) is 11.5 Å². The van der Waals surface area contributed by atoms with Gasteiger partial charge in [-0.05, 0) is 12.3 Å². The van der Waals surface area contributed by atoms with Crippen LogP contribution in [0.3, 0.4) is 0 Å². The first kappa shape index (κ1) is 6.42. The Morgan fingerprint density at radius 1 is 1.89 bits per heavy atom. The summed E-state index contributed by atoms with van der Waals surface area (Å²) in [4.78, 5) is 7.12. The summed E-state index contributed by atoms with van der Waals surface area (Å²) in [5, 5.41) is 1.66. The zero-order valence-corrected chi connectivity index (χ0v) is 6.03. The van der Waals surface area contributed by atoms with Crippen molar-refractivity contribution in [2.24, 2.45) is 0 Å². The van der Waals surface area contributed by atoms with E-state index in [-0.39, 0.29) is 0 Å². The lowest BCUT2D eigenvalue weighted by Crippen LogP contribution is -1.85. The Kier molecular flexibility index (Phi) is 1.95. The van der Waals surface area contributed by atoms with E-state index >= 15 is 0 Å². The summed E-state index contributed by atoms with van der Waals surface area (Å²) in [6, 6.07) is 0. The molecule has 0 unspecified atom stereocenters. The number of thiocarbonyl (C=S) groups is 1. The molecule has 0 saturated carbocycles. The number of hydrogen-bond donors (Lipinski definition) is 1. The van der Waals surface area contributed by atoms with Crippen molar-refractivity contribution < 1.29 is 0 Å². The van der Waals surface area contributed by atoms with Crippen LogP contribution in [0.25, 0.3) is 0 Å². The third kappa shape index (κ3) is 1.61. The van der Waals surface area contributed by atoms with Gasteiger partial charge >= 0.3 is 0 Å². The Labute approximate surface area is 59.3 Å². The third-order valence-corrected chi connectivity index (χ3v) is 1.20. The summed E-state index contributed by atoms with van der Waals surface area (Å²) in [6.07, 6.45) is 2.55. The molecule has 0 aliphatic heterocycles. The largest absolute Gasteiger partial charge is 0.346 e. The minimum Gasteiger partial charge on any atom is -0.346 e. The average molecular weight is 140 g/mol. The van der Waals surface area contributed by atoms with Gasteiger partial charge in [0.25, 0.3) is 0 Å². The van der Waals surface area contributed by atoms with Gasteiger partial charge in [-0.25, -0.2) is 4.98 Å². The second-order valence-electron chi connectivity index (χ2n) is 1.88. The number of aromatic nitrogens is 2. The quantitative estimate of drug-likeness (QED) is 0.626. The topological polar surface area (TPSA) is 28.7 Å². The zero-order valence-electron chi connectivity index (χ0n) is 5.22. The van der Waals surface area contributed by atoms with E-state index in [1.54, 1.807) is 11.6 Å². The Bertz CT molecular complexity index is 205. The van der Waals surface area contributed by atoms with Gasteiger partial charge in [0.2, 0.25) is 0 Å². The van der Waals surface area contributed by atoms with Crippen LogP contribution in [0.5, 0.6) is 0 Å². The van der Waals surface area contributed by atoms with Crippen molar-refractivity contribution in [1.82, 2.24) is 9.97 Å². The van der Waals surface area contributed by atoms with Gasteiger partial charge in [-0.3, -0.25) is 0 Å². The van der Waals surface area contributed by atoms with Gasteiger partial charge in [-0.15, -0.1) is 0 Å². The molecule has 0 aromatic carbocycles. The first-order chi connectivity index (χ1) is 4.33. The lowest BCUT2D eigenvalue weighted by molar-refractivity contribution is 1.09. The standard InChI is InChI=1S/C6H8N2S/c1-5-4-7-6(8-5)2-3-9/h3-4H,2H2,1H3,(H,7,8). The molecule has 1 aromatic heterocycles. The summed E-state index contributed by atoms with van der Waals surface area (Å²) in [6.45, 7) is 1.97. The van der Waals surface area contributed by atoms with E-state index in [4.69, 9.17) is 0 Å². The number of H-pyrrole nitrogens is 1. The SMILES string of the molecule is Cc1cnc(CC=S)[nH]1. The molecule has 48 valence electrons. The number of imidazole rings is 1. The van der Waals surface area contributed by atoms with Crippen molar-refractivity contribution in [3.05, 3.63) is 17.7 Å². The predicted molar refractivity (Wildman–Crippen MR) is 40.7 cm³/mol. The minimum atomic E-state index is 0.753. The highest BCUT2D eigenvalue weighted by molar-refractivity contribution is 7.78. The lowest BCUT2D eigenvalue weighted by Gasteiger charge is -1.83. The summed E-state index contributed by atoms with van der Waals surface area (Å²) in [5.74, 6) is 0.947. The fourth-order valence-electron chi connectivity index (χ4n) is 0.650. The highest BCUT2D eigenvalue weighted by Crippen LogP contribution is 1.93. The molecule has 1 heterocycles. The molecular weight excluding hydrogens is 132 g/mol. The van der Waals surface area contributed by atoms with E-state index in [9.17, 15) is 0 Å². The molecular formula is C6H8N2S. The van der Waals surface area contributed by atoms with Gasteiger partial charge in [0.1, 0.15) is 5.82 Å². The second kappa shape index (κ2) is 2.73. The Morgan fingerprint density at radius 3 is 3.11 bits per heavy atom. The van der Waals surface area contributed by atoms with Gasteiger partial charge in [0.05, 0.1) is 0 Å². The first-order valence-electron chi connectivity index (χ1n) is 2.77. The predicted octanol–water partition coefficient (Wildman–Crippen LogP) is 1.26. The molecule has 0 atom stereocenters. The average Bonchev–Trinajstić information content (AvgIpc) is 2.17.